The lowest BCUT2D eigenvalue weighted by atomic mass is 10.1. The number of benzene rings is 1. The normalized spacial score (nSPS) is 10.7. The van der Waals surface area contributed by atoms with Crippen LogP contribution < -0.4 is 10.6 Å². The molecule has 130 valence electrons. The molecule has 3 rings (SSSR count). The fourth-order valence-corrected chi connectivity index (χ4v) is 2.40. The third-order valence-corrected chi connectivity index (χ3v) is 3.71. The topological polar surface area (TPSA) is 95.8 Å². The minimum atomic E-state index is -0.307. The molecule has 8 heteroatoms. The molecule has 0 spiro atoms. The van der Waals surface area contributed by atoms with Crippen LogP contribution in [0.1, 0.15) is 28.7 Å². The van der Waals surface area contributed by atoms with Crippen molar-refractivity contribution in [1.29, 1.82) is 0 Å². The number of nitrogens with one attached hydrogen (secondary N) is 3. The van der Waals surface area contributed by atoms with E-state index in [-0.39, 0.29) is 11.7 Å². The third kappa shape index (κ3) is 3.68. The van der Waals surface area contributed by atoms with Gasteiger partial charge in [-0.05, 0) is 38.1 Å². The molecule has 0 unspecified atom stereocenters. The monoisotopic (exact) mass is 343 g/mol. The maximum Gasteiger partial charge on any atom is 0.269 e. The summed E-state index contributed by atoms with van der Waals surface area (Å²) in [6, 6.07) is 7.69. The van der Waals surface area contributed by atoms with Crippen molar-refractivity contribution in [2.24, 2.45) is 0 Å². The minimum absolute atomic E-state index is 0.212. The van der Waals surface area contributed by atoms with E-state index in [0.717, 1.165) is 11.1 Å². The Bertz CT molecular complexity index is 870. The van der Waals surface area contributed by atoms with Gasteiger partial charge in [0.1, 0.15) is 28.8 Å². The van der Waals surface area contributed by atoms with Crippen molar-refractivity contribution in [2.45, 2.75) is 20.4 Å². The average Bonchev–Trinajstić information content (AvgIpc) is 3.21. The summed E-state index contributed by atoms with van der Waals surface area (Å²) in [7, 11) is 0. The Hall–Kier alpha value is -3.16. The second-order valence-electron chi connectivity index (χ2n) is 5.45. The van der Waals surface area contributed by atoms with Gasteiger partial charge in [0.25, 0.3) is 5.91 Å². The largest absolute Gasteiger partial charge is 0.364 e. The highest BCUT2D eigenvalue weighted by Gasteiger charge is 2.15. The molecule has 0 saturated heterocycles. The average molecular weight is 343 g/mol. The van der Waals surface area contributed by atoms with Crippen LogP contribution in [0.3, 0.4) is 0 Å². The van der Waals surface area contributed by atoms with Crippen molar-refractivity contribution in [3.8, 4) is 11.3 Å². The zero-order valence-corrected chi connectivity index (χ0v) is 13.9. The van der Waals surface area contributed by atoms with E-state index in [4.69, 9.17) is 4.52 Å². The minimum Gasteiger partial charge on any atom is -0.364 e. The van der Waals surface area contributed by atoms with E-state index in [1.54, 1.807) is 18.2 Å². The highest BCUT2D eigenvalue weighted by Crippen LogP contribution is 2.26. The number of anilines is 1. The van der Waals surface area contributed by atoms with Gasteiger partial charge in [0, 0.05) is 30.3 Å². The number of nitrogens with zero attached hydrogens (tertiary/aromatic N) is 2. The number of carbonyl (C=O) groups is 1. The van der Waals surface area contributed by atoms with Crippen molar-refractivity contribution >= 4 is 11.7 Å². The third-order valence-electron chi connectivity index (χ3n) is 3.71. The van der Waals surface area contributed by atoms with Crippen LogP contribution in [-0.4, -0.2) is 27.8 Å². The summed E-state index contributed by atoms with van der Waals surface area (Å²) in [5.74, 6) is 0.674. The first-order chi connectivity index (χ1) is 12.1. The highest BCUT2D eigenvalue weighted by molar-refractivity contribution is 5.92. The number of hydrogen-bond acceptors (Lipinski definition) is 5. The first kappa shape index (κ1) is 16.7. The molecule has 1 aromatic carbocycles. The molecular formula is C17H18FN5O2. The molecule has 0 aliphatic carbocycles. The molecule has 0 atom stereocenters. The summed E-state index contributed by atoms with van der Waals surface area (Å²) in [6.45, 7) is 4.60. The summed E-state index contributed by atoms with van der Waals surface area (Å²) in [5, 5.41) is 16.6. The highest BCUT2D eigenvalue weighted by atomic mass is 19.1. The first-order valence-electron chi connectivity index (χ1n) is 7.87. The lowest BCUT2D eigenvalue weighted by Gasteiger charge is -2.04. The SMILES string of the molecule is CCNC(=O)c1cc(NCc2c(-c3ccc(F)cc3)noc2C)n[nH]1. The zero-order chi connectivity index (χ0) is 17.8. The van der Waals surface area contributed by atoms with Gasteiger partial charge >= 0.3 is 0 Å². The zero-order valence-electron chi connectivity index (χ0n) is 13.9. The fourth-order valence-electron chi connectivity index (χ4n) is 2.40. The molecule has 0 fully saturated rings. The van der Waals surface area contributed by atoms with E-state index in [9.17, 15) is 9.18 Å². The van der Waals surface area contributed by atoms with Crippen LogP contribution in [0.5, 0.6) is 0 Å². The Kier molecular flexibility index (Phi) is 4.78. The van der Waals surface area contributed by atoms with Crippen LogP contribution in [0.15, 0.2) is 34.9 Å². The van der Waals surface area contributed by atoms with Crippen molar-refractivity contribution in [3.63, 3.8) is 0 Å². The van der Waals surface area contributed by atoms with Crippen LogP contribution >= 0.6 is 0 Å². The number of hydrogen-bond donors (Lipinski definition) is 3. The Morgan fingerprint density at radius 3 is 2.80 bits per heavy atom. The van der Waals surface area contributed by atoms with Crippen LogP contribution in [0, 0.1) is 12.7 Å². The molecule has 3 aromatic rings. The van der Waals surface area contributed by atoms with Crippen molar-refractivity contribution in [3.05, 3.63) is 53.2 Å². The number of H-pyrrole nitrogens is 1. The Balaban J connectivity index is 1.75. The summed E-state index contributed by atoms with van der Waals surface area (Å²) < 4.78 is 18.4. The van der Waals surface area contributed by atoms with Gasteiger partial charge in [-0.25, -0.2) is 4.39 Å². The Labute approximate surface area is 143 Å². The second kappa shape index (κ2) is 7.16. The predicted molar refractivity (Wildman–Crippen MR) is 90.6 cm³/mol. The molecule has 2 heterocycles. The van der Waals surface area contributed by atoms with Gasteiger partial charge in [0.2, 0.25) is 0 Å². The maximum absolute atomic E-state index is 13.1. The van der Waals surface area contributed by atoms with Gasteiger partial charge in [-0.1, -0.05) is 5.16 Å². The van der Waals surface area contributed by atoms with E-state index in [0.29, 0.717) is 36.1 Å². The van der Waals surface area contributed by atoms with Crippen LogP contribution in [0.4, 0.5) is 10.2 Å². The molecule has 0 radical (unpaired) electrons. The number of aromatic nitrogens is 3. The van der Waals surface area contributed by atoms with Gasteiger partial charge in [-0.2, -0.15) is 5.10 Å². The van der Waals surface area contributed by atoms with Crippen molar-refractivity contribution in [1.82, 2.24) is 20.7 Å². The molecule has 7 nitrogen and oxygen atoms in total. The number of aromatic amines is 1. The summed E-state index contributed by atoms with van der Waals surface area (Å²) >= 11 is 0. The van der Waals surface area contributed by atoms with Crippen LogP contribution in [0.2, 0.25) is 0 Å². The lowest BCUT2D eigenvalue weighted by molar-refractivity contribution is 0.0951. The molecule has 2 aromatic heterocycles. The second-order valence-corrected chi connectivity index (χ2v) is 5.45. The number of aryl methyl sites for hydroxylation is 1. The van der Waals surface area contributed by atoms with Gasteiger partial charge in [-0.15, -0.1) is 0 Å². The van der Waals surface area contributed by atoms with Crippen LogP contribution in [-0.2, 0) is 6.54 Å². The van der Waals surface area contributed by atoms with Gasteiger partial charge < -0.3 is 15.2 Å². The number of amides is 1. The molecular weight excluding hydrogens is 325 g/mol. The van der Waals surface area contributed by atoms with E-state index in [1.807, 2.05) is 13.8 Å². The van der Waals surface area contributed by atoms with Gasteiger partial charge in [0.15, 0.2) is 0 Å². The predicted octanol–water partition coefficient (Wildman–Crippen LogP) is 2.87. The van der Waals surface area contributed by atoms with E-state index in [2.05, 4.69) is 26.0 Å². The molecule has 3 N–H and O–H groups in total. The summed E-state index contributed by atoms with van der Waals surface area (Å²) in [4.78, 5) is 11.7. The van der Waals surface area contributed by atoms with E-state index >= 15 is 0 Å². The standard InChI is InChI=1S/C17H18FN5O2/c1-3-19-17(24)14-8-15(22-21-14)20-9-13-10(2)25-23-16(13)11-4-6-12(18)7-5-11/h4-8H,3,9H2,1-2H3,(H,19,24)(H2,20,21,22). The number of carbonyl (C=O) groups excluding carboxylic acids is 1. The molecule has 0 aliphatic heterocycles. The fraction of sp³-hybridized carbons (Fsp3) is 0.235. The van der Waals surface area contributed by atoms with E-state index < -0.39 is 0 Å². The number of halogens is 1. The maximum atomic E-state index is 13.1. The lowest BCUT2D eigenvalue weighted by Crippen LogP contribution is -2.22. The van der Waals surface area contributed by atoms with Gasteiger partial charge in [0.05, 0.1) is 0 Å². The Morgan fingerprint density at radius 2 is 2.08 bits per heavy atom. The summed E-state index contributed by atoms with van der Waals surface area (Å²) in [5.41, 5.74) is 2.63. The molecule has 0 bridgehead atoms. The number of rotatable bonds is 6. The van der Waals surface area contributed by atoms with Crippen molar-refractivity contribution < 1.29 is 13.7 Å². The Morgan fingerprint density at radius 1 is 1.32 bits per heavy atom. The van der Waals surface area contributed by atoms with Crippen molar-refractivity contribution in [2.75, 3.05) is 11.9 Å². The van der Waals surface area contributed by atoms with E-state index in [1.165, 1.54) is 12.1 Å². The molecule has 1 amide bonds. The first-order valence-corrected chi connectivity index (χ1v) is 7.87. The molecule has 25 heavy (non-hydrogen) atoms. The van der Waals surface area contributed by atoms with Gasteiger partial charge in [-0.3, -0.25) is 9.89 Å². The molecule has 0 aliphatic rings. The smallest absolute Gasteiger partial charge is 0.269 e. The molecule has 0 saturated carbocycles. The quantitative estimate of drug-likeness (QED) is 0.639. The van der Waals surface area contributed by atoms with Crippen LogP contribution in [0.25, 0.3) is 11.3 Å². The summed E-state index contributed by atoms with van der Waals surface area (Å²) in [6.07, 6.45) is 0.